The first-order chi connectivity index (χ1) is 13.9. The van der Waals surface area contributed by atoms with Crippen LogP contribution in [0.1, 0.15) is 36.7 Å². The van der Waals surface area contributed by atoms with Crippen LogP contribution in [-0.4, -0.2) is 26.4 Å². The van der Waals surface area contributed by atoms with E-state index in [0.29, 0.717) is 23.5 Å². The predicted molar refractivity (Wildman–Crippen MR) is 116 cm³/mol. The van der Waals surface area contributed by atoms with Crippen LogP contribution in [0.3, 0.4) is 0 Å². The fraction of sp³-hybridized carbons (Fsp3) is 0.318. The van der Waals surface area contributed by atoms with Gasteiger partial charge in [-0.25, -0.2) is 0 Å². The molecule has 0 bridgehead atoms. The average Bonchev–Trinajstić information content (AvgIpc) is 3.06. The van der Waals surface area contributed by atoms with E-state index in [0.717, 1.165) is 17.0 Å². The Labute approximate surface area is 175 Å². The van der Waals surface area contributed by atoms with Crippen molar-refractivity contribution in [3.63, 3.8) is 0 Å². The third kappa shape index (κ3) is 5.60. The summed E-state index contributed by atoms with van der Waals surface area (Å²) in [5.41, 5.74) is 3.12. The zero-order valence-corrected chi connectivity index (χ0v) is 18.0. The molecule has 0 atom stereocenters. The summed E-state index contributed by atoms with van der Waals surface area (Å²) in [7, 11) is 1.88. The number of nitrogens with one attached hydrogen (secondary N) is 1. The molecule has 0 unspecified atom stereocenters. The molecule has 1 N–H and O–H groups in total. The third-order valence-electron chi connectivity index (χ3n) is 4.57. The van der Waals surface area contributed by atoms with Gasteiger partial charge in [-0.1, -0.05) is 55.9 Å². The van der Waals surface area contributed by atoms with E-state index in [4.69, 9.17) is 4.74 Å². The van der Waals surface area contributed by atoms with Crippen molar-refractivity contribution in [3.8, 4) is 5.75 Å². The highest BCUT2D eigenvalue weighted by Crippen LogP contribution is 2.21. The number of aryl methyl sites for hydroxylation is 1. The van der Waals surface area contributed by atoms with Crippen LogP contribution in [0.25, 0.3) is 0 Å². The van der Waals surface area contributed by atoms with E-state index >= 15 is 0 Å². The fourth-order valence-corrected chi connectivity index (χ4v) is 3.47. The molecule has 0 aliphatic heterocycles. The smallest absolute Gasteiger partial charge is 0.234 e. The average molecular weight is 411 g/mol. The molecule has 0 saturated carbocycles. The maximum Gasteiger partial charge on any atom is 0.234 e. The van der Waals surface area contributed by atoms with Crippen LogP contribution < -0.4 is 10.1 Å². The van der Waals surface area contributed by atoms with Crippen molar-refractivity contribution in [1.82, 2.24) is 14.8 Å². The molecule has 3 aromatic rings. The molecule has 29 heavy (non-hydrogen) atoms. The van der Waals surface area contributed by atoms with Crippen LogP contribution in [0.2, 0.25) is 0 Å². The number of rotatable bonds is 8. The van der Waals surface area contributed by atoms with Crippen LogP contribution in [0, 0.1) is 6.92 Å². The third-order valence-corrected chi connectivity index (χ3v) is 5.59. The Morgan fingerprint density at radius 3 is 2.55 bits per heavy atom. The van der Waals surface area contributed by atoms with Crippen molar-refractivity contribution in [2.75, 3.05) is 11.1 Å². The number of hydrogen-bond acceptors (Lipinski definition) is 5. The predicted octanol–water partition coefficient (Wildman–Crippen LogP) is 4.56. The van der Waals surface area contributed by atoms with Gasteiger partial charge >= 0.3 is 0 Å². The monoisotopic (exact) mass is 410 g/mol. The number of benzene rings is 2. The zero-order chi connectivity index (χ0) is 20.8. The molecule has 3 rings (SSSR count). The number of para-hydroxylation sites is 1. The number of nitrogens with zero attached hydrogens (tertiary/aromatic N) is 3. The number of hydrogen-bond donors (Lipinski definition) is 1. The molecule has 0 fully saturated rings. The normalized spacial score (nSPS) is 10.9. The van der Waals surface area contributed by atoms with Gasteiger partial charge in [0.25, 0.3) is 0 Å². The van der Waals surface area contributed by atoms with Gasteiger partial charge < -0.3 is 14.6 Å². The van der Waals surface area contributed by atoms with Crippen LogP contribution in [0.5, 0.6) is 5.75 Å². The first-order valence-electron chi connectivity index (χ1n) is 9.53. The molecule has 1 aromatic heterocycles. The summed E-state index contributed by atoms with van der Waals surface area (Å²) < 4.78 is 7.69. The standard InChI is InChI=1S/C22H26N4O2S/c1-15(2)17-9-11-18(12-10-17)23-21(27)14-29-22-25-24-20(26(22)4)13-28-19-8-6-5-7-16(19)3/h5-12,15H,13-14H2,1-4H3,(H,23,27). The fourth-order valence-electron chi connectivity index (χ4n) is 2.74. The maximum atomic E-state index is 12.3. The van der Waals surface area contributed by atoms with E-state index in [9.17, 15) is 4.79 Å². The van der Waals surface area contributed by atoms with Gasteiger partial charge in [0, 0.05) is 12.7 Å². The lowest BCUT2D eigenvalue weighted by Crippen LogP contribution is -2.14. The first kappa shape index (κ1) is 20.9. The summed E-state index contributed by atoms with van der Waals surface area (Å²) in [4.78, 5) is 12.3. The molecule has 0 radical (unpaired) electrons. The largest absolute Gasteiger partial charge is 0.485 e. The second-order valence-corrected chi connectivity index (χ2v) is 8.07. The van der Waals surface area contributed by atoms with Crippen molar-refractivity contribution in [2.24, 2.45) is 7.05 Å². The Kier molecular flexibility index (Phi) is 6.93. The van der Waals surface area contributed by atoms with Crippen molar-refractivity contribution in [1.29, 1.82) is 0 Å². The molecule has 152 valence electrons. The number of carbonyl (C=O) groups excluding carboxylic acids is 1. The van der Waals surface area contributed by atoms with Crippen molar-refractivity contribution in [2.45, 2.75) is 38.5 Å². The van der Waals surface area contributed by atoms with Gasteiger partial charge in [0.05, 0.1) is 5.75 Å². The summed E-state index contributed by atoms with van der Waals surface area (Å²) in [6.07, 6.45) is 0. The number of aromatic nitrogens is 3. The number of thioether (sulfide) groups is 1. The molecule has 0 saturated heterocycles. The van der Waals surface area contributed by atoms with Crippen molar-refractivity contribution >= 4 is 23.4 Å². The highest BCUT2D eigenvalue weighted by Gasteiger charge is 2.13. The van der Waals surface area contributed by atoms with E-state index in [-0.39, 0.29) is 11.7 Å². The quantitative estimate of drug-likeness (QED) is 0.552. The molecule has 0 aliphatic carbocycles. The SMILES string of the molecule is Cc1ccccc1OCc1nnc(SCC(=O)Nc2ccc(C(C)C)cc2)n1C. The van der Waals surface area contributed by atoms with Gasteiger partial charge in [-0.05, 0) is 42.2 Å². The Balaban J connectivity index is 1.51. The van der Waals surface area contributed by atoms with Crippen LogP contribution in [0.4, 0.5) is 5.69 Å². The van der Waals surface area contributed by atoms with Gasteiger partial charge in [-0.3, -0.25) is 4.79 Å². The molecule has 1 heterocycles. The second-order valence-electron chi connectivity index (χ2n) is 7.13. The van der Waals surface area contributed by atoms with E-state index in [1.807, 2.05) is 67.1 Å². The Hall–Kier alpha value is -2.80. The topological polar surface area (TPSA) is 69.0 Å². The molecule has 1 amide bonds. The lowest BCUT2D eigenvalue weighted by molar-refractivity contribution is -0.113. The van der Waals surface area contributed by atoms with Gasteiger partial charge in [-0.2, -0.15) is 0 Å². The molecule has 0 spiro atoms. The second kappa shape index (κ2) is 9.60. The lowest BCUT2D eigenvalue weighted by atomic mass is 10.0. The van der Waals surface area contributed by atoms with Gasteiger partial charge in [0.15, 0.2) is 11.0 Å². The van der Waals surface area contributed by atoms with Crippen LogP contribution in [-0.2, 0) is 18.4 Å². The Bertz CT molecular complexity index is 967. The summed E-state index contributed by atoms with van der Waals surface area (Å²) in [5, 5.41) is 12.0. The molecule has 0 aliphatic rings. The molecule has 2 aromatic carbocycles. The molecular formula is C22H26N4O2S. The molecular weight excluding hydrogens is 384 g/mol. The minimum Gasteiger partial charge on any atom is -0.485 e. The maximum absolute atomic E-state index is 12.3. The van der Waals surface area contributed by atoms with Crippen LogP contribution in [0.15, 0.2) is 53.7 Å². The number of amides is 1. The van der Waals surface area contributed by atoms with E-state index < -0.39 is 0 Å². The first-order valence-corrected chi connectivity index (χ1v) is 10.5. The van der Waals surface area contributed by atoms with Crippen molar-refractivity contribution < 1.29 is 9.53 Å². The Morgan fingerprint density at radius 2 is 1.86 bits per heavy atom. The van der Waals surface area contributed by atoms with E-state index in [1.54, 1.807) is 0 Å². The van der Waals surface area contributed by atoms with Crippen LogP contribution >= 0.6 is 11.8 Å². The molecule has 6 nitrogen and oxygen atoms in total. The van der Waals surface area contributed by atoms with Crippen molar-refractivity contribution in [3.05, 3.63) is 65.5 Å². The number of carbonyl (C=O) groups is 1. The minimum absolute atomic E-state index is 0.0759. The van der Waals surface area contributed by atoms with Gasteiger partial charge in [0.1, 0.15) is 12.4 Å². The summed E-state index contributed by atoms with van der Waals surface area (Å²) in [6.45, 7) is 6.61. The highest BCUT2D eigenvalue weighted by atomic mass is 32.2. The number of ether oxygens (including phenoxy) is 1. The summed E-state index contributed by atoms with van der Waals surface area (Å²) in [6, 6.07) is 15.8. The molecule has 7 heteroatoms. The van der Waals surface area contributed by atoms with E-state index in [1.165, 1.54) is 17.3 Å². The lowest BCUT2D eigenvalue weighted by Gasteiger charge is -2.09. The van der Waals surface area contributed by atoms with Gasteiger partial charge in [0.2, 0.25) is 5.91 Å². The Morgan fingerprint density at radius 1 is 1.14 bits per heavy atom. The van der Waals surface area contributed by atoms with Gasteiger partial charge in [-0.15, -0.1) is 10.2 Å². The minimum atomic E-state index is -0.0759. The summed E-state index contributed by atoms with van der Waals surface area (Å²) >= 11 is 1.35. The van der Waals surface area contributed by atoms with E-state index in [2.05, 4.69) is 29.4 Å². The number of anilines is 1. The highest BCUT2D eigenvalue weighted by molar-refractivity contribution is 7.99. The zero-order valence-electron chi connectivity index (χ0n) is 17.2. The summed E-state index contributed by atoms with van der Waals surface area (Å²) in [5.74, 6) is 2.19.